The third-order valence-corrected chi connectivity index (χ3v) is 6.32. The molecule has 2 unspecified atom stereocenters. The van der Waals surface area contributed by atoms with Crippen molar-refractivity contribution in [3.8, 4) is 0 Å². The van der Waals surface area contributed by atoms with Crippen LogP contribution in [0.4, 0.5) is 0 Å². The maximum absolute atomic E-state index is 13.7. The lowest BCUT2D eigenvalue weighted by atomic mass is 9.79. The number of ether oxygens (including phenoxy) is 1. The van der Waals surface area contributed by atoms with Gasteiger partial charge in [-0.05, 0) is 16.7 Å². The fraction of sp³-hybridized carbons (Fsp3) is 0.133. The largest absolute Gasteiger partial charge is 0.467 e. The summed E-state index contributed by atoms with van der Waals surface area (Å²) in [5.74, 6) is 0.393. The van der Waals surface area contributed by atoms with Gasteiger partial charge in [-0.25, -0.2) is 9.79 Å². The number of carbonyl (C=O) groups excluding carboxylic acids is 1. The van der Waals surface area contributed by atoms with Crippen molar-refractivity contribution < 1.29 is 9.53 Å². The van der Waals surface area contributed by atoms with Gasteiger partial charge < -0.3 is 9.64 Å². The Hall–Kier alpha value is -4.18. The number of nitrogens with zero attached hydrogens (tertiary/aromatic N) is 2. The topological polar surface area (TPSA) is 41.9 Å². The van der Waals surface area contributed by atoms with Crippen LogP contribution in [0.2, 0.25) is 0 Å². The summed E-state index contributed by atoms with van der Waals surface area (Å²) in [5, 5.41) is 0. The summed E-state index contributed by atoms with van der Waals surface area (Å²) in [6.45, 7) is 0.597. The Labute approximate surface area is 200 Å². The molecule has 5 rings (SSSR count). The molecule has 0 aromatic heterocycles. The minimum absolute atomic E-state index is 0.378. The second kappa shape index (κ2) is 9.36. The highest BCUT2D eigenvalue weighted by Crippen LogP contribution is 2.49. The molecule has 0 bridgehead atoms. The molecule has 0 N–H and O–H groups in total. The van der Waals surface area contributed by atoms with E-state index in [0.717, 1.165) is 28.1 Å². The number of methoxy groups -OCH3 is 1. The minimum Gasteiger partial charge on any atom is -0.467 e. The molecule has 0 saturated carbocycles. The lowest BCUT2D eigenvalue weighted by Gasteiger charge is -2.37. The van der Waals surface area contributed by atoms with Crippen LogP contribution in [0.15, 0.2) is 126 Å². The number of hydrogen-bond donors (Lipinski definition) is 0. The smallest absolute Gasteiger partial charge is 0.341 e. The highest BCUT2D eigenvalue weighted by molar-refractivity contribution is 6.04. The van der Waals surface area contributed by atoms with Crippen molar-refractivity contribution in [3.63, 3.8) is 0 Å². The molecule has 1 aliphatic heterocycles. The van der Waals surface area contributed by atoms with E-state index < -0.39 is 5.54 Å². The van der Waals surface area contributed by atoms with Crippen LogP contribution in [0.25, 0.3) is 0 Å². The fourth-order valence-corrected chi connectivity index (χ4v) is 4.81. The summed E-state index contributed by atoms with van der Waals surface area (Å²) >= 11 is 0. The molecule has 1 aliphatic rings. The fourth-order valence-electron chi connectivity index (χ4n) is 4.81. The van der Waals surface area contributed by atoms with Gasteiger partial charge in [0.05, 0.1) is 13.2 Å². The van der Waals surface area contributed by atoms with Gasteiger partial charge in [-0.2, -0.15) is 0 Å². The maximum Gasteiger partial charge on any atom is 0.341 e. The number of amidine groups is 1. The number of carbonyl (C=O) groups is 1. The normalized spacial score (nSPS) is 19.5. The van der Waals surface area contributed by atoms with Crippen LogP contribution in [0.5, 0.6) is 0 Å². The summed E-state index contributed by atoms with van der Waals surface area (Å²) in [6, 6.07) is 39.8. The van der Waals surface area contributed by atoms with Crippen molar-refractivity contribution in [2.24, 2.45) is 4.99 Å². The predicted molar refractivity (Wildman–Crippen MR) is 134 cm³/mol. The Morgan fingerprint density at radius 1 is 0.794 bits per heavy atom. The number of rotatable bonds is 6. The Kier molecular flexibility index (Phi) is 5.96. The molecule has 168 valence electrons. The first-order valence-electron chi connectivity index (χ1n) is 11.4. The highest BCUT2D eigenvalue weighted by Gasteiger charge is 2.57. The van der Waals surface area contributed by atoms with E-state index in [1.807, 2.05) is 97.1 Å². The Morgan fingerprint density at radius 3 is 1.91 bits per heavy atom. The third kappa shape index (κ3) is 3.77. The molecule has 4 nitrogen and oxygen atoms in total. The van der Waals surface area contributed by atoms with E-state index in [1.165, 1.54) is 7.11 Å². The summed E-state index contributed by atoms with van der Waals surface area (Å²) in [4.78, 5) is 21.2. The number of aliphatic imine (C=N–C) groups is 1. The highest BCUT2D eigenvalue weighted by atomic mass is 16.5. The van der Waals surface area contributed by atoms with E-state index in [4.69, 9.17) is 9.73 Å². The van der Waals surface area contributed by atoms with Crippen LogP contribution in [0.3, 0.4) is 0 Å². The molecule has 4 aromatic rings. The van der Waals surface area contributed by atoms with Crippen LogP contribution >= 0.6 is 0 Å². The molecule has 0 amide bonds. The van der Waals surface area contributed by atoms with Crippen molar-refractivity contribution in [1.82, 2.24) is 4.90 Å². The molecule has 4 heteroatoms. The van der Waals surface area contributed by atoms with E-state index in [2.05, 4.69) is 29.2 Å². The summed E-state index contributed by atoms with van der Waals surface area (Å²) in [7, 11) is 1.44. The van der Waals surface area contributed by atoms with E-state index in [0.29, 0.717) is 6.54 Å². The van der Waals surface area contributed by atoms with E-state index in [9.17, 15) is 4.79 Å². The second-order valence-corrected chi connectivity index (χ2v) is 8.35. The van der Waals surface area contributed by atoms with Crippen molar-refractivity contribution in [2.75, 3.05) is 7.11 Å². The van der Waals surface area contributed by atoms with Crippen molar-refractivity contribution in [1.29, 1.82) is 0 Å². The van der Waals surface area contributed by atoms with Crippen LogP contribution in [-0.4, -0.2) is 23.8 Å². The van der Waals surface area contributed by atoms with Gasteiger partial charge in [-0.15, -0.1) is 0 Å². The van der Waals surface area contributed by atoms with Crippen molar-refractivity contribution in [2.45, 2.75) is 18.1 Å². The summed E-state index contributed by atoms with van der Waals surface area (Å²) in [6.07, 6.45) is 0. The first-order valence-corrected chi connectivity index (χ1v) is 11.4. The standard InChI is InChI=1S/C30H26N2O2/c1-34-29(33)30(26-20-12-5-13-21-26)27(24-16-8-3-9-17-24)32(22-23-14-6-2-7-15-23)28(31-30)25-18-10-4-11-19-25/h2-21,27H,22H2,1H3. The first-order chi connectivity index (χ1) is 16.7. The molecule has 2 atom stereocenters. The Bertz CT molecular complexity index is 1270. The van der Waals surface area contributed by atoms with Gasteiger partial charge in [-0.1, -0.05) is 121 Å². The first kappa shape index (κ1) is 21.7. The Balaban J connectivity index is 1.79. The monoisotopic (exact) mass is 446 g/mol. The van der Waals surface area contributed by atoms with Crippen LogP contribution in [0.1, 0.15) is 28.3 Å². The molecule has 0 fully saturated rings. The van der Waals surface area contributed by atoms with Crippen LogP contribution in [0, 0.1) is 0 Å². The lowest BCUT2D eigenvalue weighted by Crippen LogP contribution is -2.44. The molecular formula is C30H26N2O2. The van der Waals surface area contributed by atoms with Crippen molar-refractivity contribution in [3.05, 3.63) is 144 Å². The summed E-state index contributed by atoms with van der Waals surface area (Å²) in [5.41, 5.74) is 2.65. The van der Waals surface area contributed by atoms with Crippen LogP contribution in [-0.2, 0) is 21.6 Å². The molecule has 0 radical (unpaired) electrons. The zero-order valence-corrected chi connectivity index (χ0v) is 19.0. The number of hydrogen-bond acceptors (Lipinski definition) is 4. The molecule has 1 heterocycles. The minimum atomic E-state index is -1.25. The van der Waals surface area contributed by atoms with Crippen LogP contribution < -0.4 is 0 Å². The molecule has 0 aliphatic carbocycles. The molecule has 0 spiro atoms. The zero-order chi connectivity index (χ0) is 23.4. The number of benzene rings is 4. The molecule has 4 aromatic carbocycles. The number of esters is 1. The lowest BCUT2D eigenvalue weighted by molar-refractivity contribution is -0.149. The average molecular weight is 447 g/mol. The van der Waals surface area contributed by atoms with Gasteiger partial charge in [-0.3, -0.25) is 0 Å². The quantitative estimate of drug-likeness (QED) is 0.354. The predicted octanol–water partition coefficient (Wildman–Crippen LogP) is 5.76. The van der Waals surface area contributed by atoms with Gasteiger partial charge in [0.2, 0.25) is 5.54 Å². The van der Waals surface area contributed by atoms with Gasteiger partial charge in [0.1, 0.15) is 5.84 Å². The van der Waals surface area contributed by atoms with Gasteiger partial charge >= 0.3 is 5.97 Å². The molecular weight excluding hydrogens is 420 g/mol. The second-order valence-electron chi connectivity index (χ2n) is 8.35. The Morgan fingerprint density at radius 2 is 1.32 bits per heavy atom. The maximum atomic E-state index is 13.7. The van der Waals surface area contributed by atoms with Gasteiger partial charge in [0.25, 0.3) is 0 Å². The van der Waals surface area contributed by atoms with Crippen molar-refractivity contribution >= 4 is 11.8 Å². The zero-order valence-electron chi connectivity index (χ0n) is 19.0. The van der Waals surface area contributed by atoms with Gasteiger partial charge in [0, 0.05) is 12.1 Å². The van der Waals surface area contributed by atoms with Gasteiger partial charge in [0.15, 0.2) is 0 Å². The average Bonchev–Trinajstić information content (AvgIpc) is 3.26. The third-order valence-electron chi connectivity index (χ3n) is 6.32. The summed E-state index contributed by atoms with van der Waals surface area (Å²) < 4.78 is 5.45. The van der Waals surface area contributed by atoms with E-state index in [1.54, 1.807) is 0 Å². The molecule has 0 saturated heterocycles. The van der Waals surface area contributed by atoms with E-state index in [-0.39, 0.29) is 12.0 Å². The SMILES string of the molecule is COC(=O)C1(c2ccccc2)N=C(c2ccccc2)N(Cc2ccccc2)C1c1ccccc1. The van der Waals surface area contributed by atoms with E-state index >= 15 is 0 Å². The molecule has 34 heavy (non-hydrogen) atoms.